The molecular formula is C18H17N3. The zero-order valence-corrected chi connectivity index (χ0v) is 11.7. The molecule has 0 bridgehead atoms. The van der Waals surface area contributed by atoms with Crippen LogP contribution in [0.4, 0.5) is 0 Å². The Morgan fingerprint density at radius 1 is 0.952 bits per heavy atom. The molecule has 3 unspecified atom stereocenters. The zero-order valence-electron chi connectivity index (χ0n) is 11.7. The number of benzene rings is 2. The summed E-state index contributed by atoms with van der Waals surface area (Å²) in [5, 5.41) is 0. The van der Waals surface area contributed by atoms with Gasteiger partial charge in [0.1, 0.15) is 0 Å². The summed E-state index contributed by atoms with van der Waals surface area (Å²) in [7, 11) is 0. The maximum atomic E-state index is 6.42. The molecule has 1 aromatic heterocycles. The highest BCUT2D eigenvalue weighted by molar-refractivity contribution is 5.73. The van der Waals surface area contributed by atoms with Crippen LogP contribution in [0.25, 0.3) is 11.0 Å². The van der Waals surface area contributed by atoms with E-state index in [2.05, 4.69) is 40.3 Å². The summed E-state index contributed by atoms with van der Waals surface area (Å²) in [5.74, 6) is 1.04. The highest BCUT2D eigenvalue weighted by Crippen LogP contribution is 2.52. The monoisotopic (exact) mass is 275 g/mol. The first-order valence-electron chi connectivity index (χ1n) is 7.35. The van der Waals surface area contributed by atoms with Crippen LogP contribution >= 0.6 is 0 Å². The number of fused-ring (bicyclic) bond motifs is 1. The van der Waals surface area contributed by atoms with Crippen molar-refractivity contribution in [3.63, 3.8) is 0 Å². The van der Waals surface area contributed by atoms with Crippen LogP contribution in [0.1, 0.15) is 29.6 Å². The van der Waals surface area contributed by atoms with Crippen molar-refractivity contribution < 1.29 is 0 Å². The second-order valence-corrected chi connectivity index (χ2v) is 5.73. The highest BCUT2D eigenvalue weighted by Gasteiger charge is 2.43. The Kier molecular flexibility index (Phi) is 2.93. The number of rotatable bonds is 3. The van der Waals surface area contributed by atoms with Crippen molar-refractivity contribution in [2.45, 2.75) is 18.4 Å². The first-order valence-corrected chi connectivity index (χ1v) is 7.35. The molecule has 0 radical (unpaired) electrons. The van der Waals surface area contributed by atoms with Gasteiger partial charge >= 0.3 is 0 Å². The van der Waals surface area contributed by atoms with Crippen LogP contribution in [-0.4, -0.2) is 9.97 Å². The molecule has 0 spiro atoms. The van der Waals surface area contributed by atoms with Crippen molar-refractivity contribution in [3.05, 3.63) is 72.1 Å². The maximum Gasteiger partial charge on any atom is 0.0890 e. The normalized spacial score (nSPS) is 22.1. The van der Waals surface area contributed by atoms with Crippen molar-refractivity contribution in [1.29, 1.82) is 0 Å². The quantitative estimate of drug-likeness (QED) is 0.796. The summed E-state index contributed by atoms with van der Waals surface area (Å²) in [6.45, 7) is 0. The third-order valence-corrected chi connectivity index (χ3v) is 4.34. The van der Waals surface area contributed by atoms with Crippen LogP contribution in [0.2, 0.25) is 0 Å². The highest BCUT2D eigenvalue weighted by atomic mass is 14.9. The van der Waals surface area contributed by atoms with Gasteiger partial charge in [-0.2, -0.15) is 0 Å². The van der Waals surface area contributed by atoms with Gasteiger partial charge in [0.25, 0.3) is 0 Å². The Balaban J connectivity index is 1.58. The van der Waals surface area contributed by atoms with Crippen molar-refractivity contribution >= 4 is 11.0 Å². The molecule has 3 nitrogen and oxygen atoms in total. The molecule has 21 heavy (non-hydrogen) atoms. The number of hydrogen-bond acceptors (Lipinski definition) is 3. The lowest BCUT2D eigenvalue weighted by Crippen LogP contribution is -2.15. The van der Waals surface area contributed by atoms with Gasteiger partial charge in [0, 0.05) is 0 Å². The van der Waals surface area contributed by atoms with Crippen LogP contribution in [0.5, 0.6) is 0 Å². The Hall–Kier alpha value is -2.26. The Morgan fingerprint density at radius 3 is 2.48 bits per heavy atom. The maximum absolute atomic E-state index is 6.42. The molecule has 3 heteroatoms. The summed E-state index contributed by atoms with van der Waals surface area (Å²) >= 11 is 0. The van der Waals surface area contributed by atoms with Gasteiger partial charge in [-0.3, -0.25) is 4.98 Å². The van der Waals surface area contributed by atoms with E-state index in [1.165, 1.54) is 5.56 Å². The second-order valence-electron chi connectivity index (χ2n) is 5.73. The second kappa shape index (κ2) is 4.93. The molecule has 1 saturated carbocycles. The summed E-state index contributed by atoms with van der Waals surface area (Å²) in [6, 6.07) is 18.5. The van der Waals surface area contributed by atoms with Crippen LogP contribution in [0.3, 0.4) is 0 Å². The van der Waals surface area contributed by atoms with E-state index in [0.717, 1.165) is 23.1 Å². The van der Waals surface area contributed by atoms with E-state index in [1.807, 2.05) is 30.5 Å². The molecule has 104 valence electrons. The first-order chi connectivity index (χ1) is 10.3. The lowest BCUT2D eigenvalue weighted by molar-refractivity contribution is 0.598. The van der Waals surface area contributed by atoms with Gasteiger partial charge < -0.3 is 5.73 Å². The lowest BCUT2D eigenvalue weighted by Gasteiger charge is -2.11. The van der Waals surface area contributed by atoms with Gasteiger partial charge in [0.2, 0.25) is 0 Å². The van der Waals surface area contributed by atoms with E-state index >= 15 is 0 Å². The van der Waals surface area contributed by atoms with Crippen LogP contribution < -0.4 is 5.73 Å². The molecule has 1 aliphatic rings. The van der Waals surface area contributed by atoms with Crippen molar-refractivity contribution in [2.24, 2.45) is 11.7 Å². The Morgan fingerprint density at radius 2 is 1.67 bits per heavy atom. The van der Waals surface area contributed by atoms with E-state index < -0.39 is 0 Å². The Bertz CT molecular complexity index is 770. The number of nitrogens with zero attached hydrogens (tertiary/aromatic N) is 2. The number of hydrogen-bond donors (Lipinski definition) is 1. The van der Waals surface area contributed by atoms with Crippen molar-refractivity contribution in [1.82, 2.24) is 9.97 Å². The standard InChI is InChI=1S/C18H17N3/c19-18(14-10-13(14)12-6-2-1-3-7-12)17-11-20-15-8-4-5-9-16(15)21-17/h1-9,11,13-14,18H,10,19H2. The molecule has 4 rings (SSSR count). The number of aromatic nitrogens is 2. The SMILES string of the molecule is NC(c1cnc2ccccc2n1)C1CC1c1ccccc1. The summed E-state index contributed by atoms with van der Waals surface area (Å²) < 4.78 is 0. The summed E-state index contributed by atoms with van der Waals surface area (Å²) in [6.07, 6.45) is 2.97. The number of para-hydroxylation sites is 2. The number of nitrogens with two attached hydrogens (primary N) is 1. The van der Waals surface area contributed by atoms with Gasteiger partial charge in [-0.15, -0.1) is 0 Å². The molecule has 1 aliphatic carbocycles. The minimum absolute atomic E-state index is 0.0349. The van der Waals surface area contributed by atoms with Gasteiger partial charge in [0.05, 0.1) is 29.0 Å². The van der Waals surface area contributed by atoms with Crippen LogP contribution in [0.15, 0.2) is 60.8 Å². The predicted octanol–water partition coefficient (Wildman–Crippen LogP) is 3.43. The van der Waals surface area contributed by atoms with E-state index in [9.17, 15) is 0 Å². The molecule has 3 atom stereocenters. The fourth-order valence-electron chi connectivity index (χ4n) is 3.05. The van der Waals surface area contributed by atoms with Crippen LogP contribution in [0, 0.1) is 5.92 Å². The van der Waals surface area contributed by atoms with E-state index in [-0.39, 0.29) is 6.04 Å². The molecule has 1 heterocycles. The fourth-order valence-corrected chi connectivity index (χ4v) is 3.05. The molecule has 2 N–H and O–H groups in total. The minimum Gasteiger partial charge on any atom is -0.322 e. The molecular weight excluding hydrogens is 258 g/mol. The predicted molar refractivity (Wildman–Crippen MR) is 83.8 cm³/mol. The third kappa shape index (κ3) is 2.30. The summed E-state index contributed by atoms with van der Waals surface area (Å²) in [4.78, 5) is 9.14. The molecule has 1 fully saturated rings. The first kappa shape index (κ1) is 12.5. The Labute approximate surface area is 123 Å². The molecule has 0 saturated heterocycles. The van der Waals surface area contributed by atoms with E-state index in [0.29, 0.717) is 11.8 Å². The molecule has 0 aliphatic heterocycles. The largest absolute Gasteiger partial charge is 0.322 e. The van der Waals surface area contributed by atoms with Crippen molar-refractivity contribution in [3.8, 4) is 0 Å². The molecule has 3 aromatic rings. The van der Waals surface area contributed by atoms with Gasteiger partial charge in [0.15, 0.2) is 0 Å². The van der Waals surface area contributed by atoms with Gasteiger partial charge in [-0.1, -0.05) is 42.5 Å². The zero-order chi connectivity index (χ0) is 14.2. The fraction of sp³-hybridized carbons (Fsp3) is 0.222. The summed E-state index contributed by atoms with van der Waals surface area (Å²) in [5.41, 5.74) is 10.5. The topological polar surface area (TPSA) is 51.8 Å². The minimum atomic E-state index is -0.0349. The smallest absolute Gasteiger partial charge is 0.0890 e. The average Bonchev–Trinajstić information content (AvgIpc) is 3.35. The van der Waals surface area contributed by atoms with E-state index in [4.69, 9.17) is 5.73 Å². The molecule has 2 aromatic carbocycles. The lowest BCUT2D eigenvalue weighted by atomic mass is 10.0. The van der Waals surface area contributed by atoms with Crippen molar-refractivity contribution in [2.75, 3.05) is 0 Å². The average molecular weight is 275 g/mol. The van der Waals surface area contributed by atoms with Crippen LogP contribution in [-0.2, 0) is 0 Å². The third-order valence-electron chi connectivity index (χ3n) is 4.34. The molecule has 0 amide bonds. The van der Waals surface area contributed by atoms with Gasteiger partial charge in [-0.25, -0.2) is 4.98 Å². The van der Waals surface area contributed by atoms with E-state index in [1.54, 1.807) is 0 Å². The van der Waals surface area contributed by atoms with Gasteiger partial charge in [-0.05, 0) is 36.0 Å².